The summed E-state index contributed by atoms with van der Waals surface area (Å²) in [6, 6.07) is 9.05. The third kappa shape index (κ3) is 3.83. The van der Waals surface area contributed by atoms with Crippen LogP contribution in [0.3, 0.4) is 0 Å². The van der Waals surface area contributed by atoms with Crippen LogP contribution in [0.4, 0.5) is 11.4 Å². The molecule has 1 aromatic heterocycles. The maximum Gasteiger partial charge on any atom is 0.291 e. The summed E-state index contributed by atoms with van der Waals surface area (Å²) in [5.41, 5.74) is 8.65. The molecule has 28 heavy (non-hydrogen) atoms. The lowest BCUT2D eigenvalue weighted by Gasteiger charge is -2.43. The second-order valence-electron chi connectivity index (χ2n) is 8.15. The first-order valence-electron chi connectivity index (χ1n) is 10.0. The summed E-state index contributed by atoms with van der Waals surface area (Å²) in [6.07, 6.45) is 6.77. The summed E-state index contributed by atoms with van der Waals surface area (Å²) in [6.45, 7) is 1.90. The number of nitrogens with two attached hydrogens (primary N) is 1. The number of hydrogen-bond donors (Lipinski definition) is 3. The average molecular weight is 381 g/mol. The second-order valence-corrected chi connectivity index (χ2v) is 8.15. The highest BCUT2D eigenvalue weighted by molar-refractivity contribution is 6.03. The predicted molar refractivity (Wildman–Crippen MR) is 108 cm³/mol. The normalized spacial score (nSPS) is 26.5. The zero-order chi connectivity index (χ0) is 19.7. The summed E-state index contributed by atoms with van der Waals surface area (Å²) in [4.78, 5) is 24.9. The Morgan fingerprint density at radius 3 is 2.50 bits per heavy atom. The zero-order valence-corrected chi connectivity index (χ0v) is 16.1. The smallest absolute Gasteiger partial charge is 0.291 e. The Labute approximate surface area is 164 Å². The molecule has 2 aromatic rings. The highest BCUT2D eigenvalue weighted by Crippen LogP contribution is 2.42. The van der Waals surface area contributed by atoms with Crippen molar-refractivity contribution in [3.63, 3.8) is 0 Å². The van der Waals surface area contributed by atoms with E-state index in [0.717, 1.165) is 36.9 Å². The lowest BCUT2D eigenvalue weighted by atomic mass is 9.65. The van der Waals surface area contributed by atoms with E-state index in [4.69, 9.17) is 10.2 Å². The standard InChI is InChI=1S/C22H27N3O3/c1-13-10-17(7-8-18(13)25-22(27)19-6-3-9-28-19)24-21(26)16-11-14-4-2-5-15(12-16)20(14)23/h3,6-10,14-16,20H,2,4-5,11-12,23H2,1H3,(H,24,26)(H,25,27). The molecule has 2 fully saturated rings. The summed E-state index contributed by atoms with van der Waals surface area (Å²) < 4.78 is 5.11. The van der Waals surface area contributed by atoms with Gasteiger partial charge in [0.15, 0.2) is 5.76 Å². The van der Waals surface area contributed by atoms with E-state index in [9.17, 15) is 9.59 Å². The van der Waals surface area contributed by atoms with Crippen LogP contribution < -0.4 is 16.4 Å². The number of aryl methyl sites for hydroxylation is 1. The van der Waals surface area contributed by atoms with Gasteiger partial charge in [-0.05, 0) is 80.3 Å². The average Bonchev–Trinajstić information content (AvgIpc) is 3.18. The number of nitrogens with one attached hydrogen (secondary N) is 2. The molecule has 2 aliphatic rings. The van der Waals surface area contributed by atoms with Gasteiger partial charge in [-0.25, -0.2) is 0 Å². The molecule has 0 spiro atoms. The maximum atomic E-state index is 12.8. The van der Waals surface area contributed by atoms with Gasteiger partial charge in [0.2, 0.25) is 5.91 Å². The van der Waals surface area contributed by atoms with Crippen molar-refractivity contribution in [1.82, 2.24) is 0 Å². The van der Waals surface area contributed by atoms with Crippen LogP contribution in [0.5, 0.6) is 0 Å². The van der Waals surface area contributed by atoms with E-state index in [-0.39, 0.29) is 29.5 Å². The molecule has 148 valence electrons. The number of anilines is 2. The molecule has 2 saturated carbocycles. The number of carbonyl (C=O) groups excluding carboxylic acids is 2. The maximum absolute atomic E-state index is 12.8. The Kier molecular flexibility index (Phi) is 5.22. The summed E-state index contributed by atoms with van der Waals surface area (Å²) in [7, 11) is 0. The monoisotopic (exact) mass is 381 g/mol. The second kappa shape index (κ2) is 7.80. The minimum absolute atomic E-state index is 0.0359. The molecule has 2 amide bonds. The van der Waals surface area contributed by atoms with E-state index in [1.54, 1.807) is 18.2 Å². The number of rotatable bonds is 4. The van der Waals surface area contributed by atoms with Crippen LogP contribution in [0.2, 0.25) is 0 Å². The van der Waals surface area contributed by atoms with Crippen molar-refractivity contribution < 1.29 is 14.0 Å². The molecule has 2 unspecified atom stereocenters. The molecule has 1 aromatic carbocycles. The van der Waals surface area contributed by atoms with Crippen molar-refractivity contribution in [3.8, 4) is 0 Å². The molecule has 0 saturated heterocycles. The third-order valence-electron chi connectivity index (χ3n) is 6.27. The molecule has 6 nitrogen and oxygen atoms in total. The summed E-state index contributed by atoms with van der Waals surface area (Å²) in [5, 5.41) is 5.88. The van der Waals surface area contributed by atoms with Crippen LogP contribution >= 0.6 is 0 Å². The van der Waals surface area contributed by atoms with Gasteiger partial charge in [0, 0.05) is 23.3 Å². The molecule has 4 rings (SSSR count). The van der Waals surface area contributed by atoms with Gasteiger partial charge in [-0.2, -0.15) is 0 Å². The Morgan fingerprint density at radius 1 is 1.11 bits per heavy atom. The minimum Gasteiger partial charge on any atom is -0.459 e. The lowest BCUT2D eigenvalue weighted by Crippen LogP contribution is -2.48. The zero-order valence-electron chi connectivity index (χ0n) is 16.1. The van der Waals surface area contributed by atoms with E-state index in [1.165, 1.54) is 12.7 Å². The Balaban J connectivity index is 1.39. The third-order valence-corrected chi connectivity index (χ3v) is 6.27. The van der Waals surface area contributed by atoms with Crippen molar-refractivity contribution in [2.24, 2.45) is 23.5 Å². The van der Waals surface area contributed by atoms with Crippen LogP contribution in [-0.2, 0) is 4.79 Å². The number of hydrogen-bond acceptors (Lipinski definition) is 4. The fraction of sp³-hybridized carbons (Fsp3) is 0.455. The van der Waals surface area contributed by atoms with Crippen molar-refractivity contribution in [2.75, 3.05) is 10.6 Å². The molecular formula is C22H27N3O3. The molecule has 0 radical (unpaired) electrons. The molecular weight excluding hydrogens is 354 g/mol. The van der Waals surface area contributed by atoms with Gasteiger partial charge in [0.05, 0.1) is 6.26 Å². The number of furan rings is 1. The lowest BCUT2D eigenvalue weighted by molar-refractivity contribution is -0.122. The van der Waals surface area contributed by atoms with Crippen LogP contribution in [0, 0.1) is 24.7 Å². The highest BCUT2D eigenvalue weighted by Gasteiger charge is 2.40. The largest absolute Gasteiger partial charge is 0.459 e. The Hall–Kier alpha value is -2.60. The van der Waals surface area contributed by atoms with Crippen LogP contribution in [0.1, 0.15) is 48.2 Å². The van der Waals surface area contributed by atoms with Crippen LogP contribution in [-0.4, -0.2) is 17.9 Å². The SMILES string of the molecule is Cc1cc(NC(=O)C2CC3CCCC(C2)C3N)ccc1NC(=O)c1ccco1. The molecule has 6 heteroatoms. The van der Waals surface area contributed by atoms with E-state index < -0.39 is 0 Å². The highest BCUT2D eigenvalue weighted by atomic mass is 16.3. The van der Waals surface area contributed by atoms with Crippen molar-refractivity contribution in [3.05, 3.63) is 47.9 Å². The van der Waals surface area contributed by atoms with Gasteiger partial charge >= 0.3 is 0 Å². The molecule has 2 bridgehead atoms. The minimum atomic E-state index is -0.296. The van der Waals surface area contributed by atoms with Crippen molar-refractivity contribution in [2.45, 2.75) is 45.1 Å². The van der Waals surface area contributed by atoms with Gasteiger partial charge in [-0.1, -0.05) is 6.42 Å². The molecule has 0 aliphatic heterocycles. The first kappa shape index (κ1) is 18.7. The molecule has 2 atom stereocenters. The quantitative estimate of drug-likeness (QED) is 0.747. The van der Waals surface area contributed by atoms with Crippen molar-refractivity contribution in [1.29, 1.82) is 0 Å². The topological polar surface area (TPSA) is 97.4 Å². The van der Waals surface area contributed by atoms with Gasteiger partial charge < -0.3 is 20.8 Å². The molecule has 1 heterocycles. The number of benzene rings is 1. The van der Waals surface area contributed by atoms with E-state index in [1.807, 2.05) is 19.1 Å². The van der Waals surface area contributed by atoms with Crippen LogP contribution in [0.15, 0.2) is 41.0 Å². The van der Waals surface area contributed by atoms with Gasteiger partial charge in [-0.3, -0.25) is 9.59 Å². The fourth-order valence-corrected chi connectivity index (χ4v) is 4.72. The fourth-order valence-electron chi connectivity index (χ4n) is 4.72. The number of carbonyl (C=O) groups is 2. The van der Waals surface area contributed by atoms with E-state index >= 15 is 0 Å². The number of fused-ring (bicyclic) bond motifs is 2. The van der Waals surface area contributed by atoms with E-state index in [2.05, 4.69) is 10.6 Å². The number of amides is 2. The summed E-state index contributed by atoms with van der Waals surface area (Å²) in [5.74, 6) is 1.03. The van der Waals surface area contributed by atoms with Crippen molar-refractivity contribution >= 4 is 23.2 Å². The Bertz CT molecular complexity index is 848. The Morgan fingerprint density at radius 2 is 1.86 bits per heavy atom. The van der Waals surface area contributed by atoms with Crippen LogP contribution in [0.25, 0.3) is 0 Å². The van der Waals surface area contributed by atoms with Gasteiger partial charge in [-0.15, -0.1) is 0 Å². The predicted octanol–water partition coefficient (Wildman–Crippen LogP) is 3.93. The molecule has 2 aliphatic carbocycles. The first-order chi connectivity index (χ1) is 13.5. The summed E-state index contributed by atoms with van der Waals surface area (Å²) >= 11 is 0. The van der Waals surface area contributed by atoms with E-state index in [0.29, 0.717) is 17.5 Å². The van der Waals surface area contributed by atoms with Gasteiger partial charge in [0.1, 0.15) is 0 Å². The van der Waals surface area contributed by atoms with Gasteiger partial charge in [0.25, 0.3) is 5.91 Å². The first-order valence-corrected chi connectivity index (χ1v) is 10.0. The molecule has 4 N–H and O–H groups in total.